The van der Waals surface area contributed by atoms with E-state index in [1.54, 1.807) is 20.8 Å². The standard InChI is InChI=1S/C15H21BFNO5/c1-15(2,3)23-14(20)18-8-10(19)7-13(18)9-4-5-11(16(21)22)12(17)6-9/h4-6,10,13,19,21-22H,7-8H2,1-3H3/t10-,13+/m0/s1. The van der Waals surface area contributed by atoms with Crippen LogP contribution in [0.15, 0.2) is 18.2 Å². The molecule has 1 aliphatic rings. The summed E-state index contributed by atoms with van der Waals surface area (Å²) in [6, 6.07) is 3.39. The summed E-state index contributed by atoms with van der Waals surface area (Å²) in [7, 11) is -1.90. The van der Waals surface area contributed by atoms with Crippen molar-refractivity contribution in [3.8, 4) is 0 Å². The van der Waals surface area contributed by atoms with Gasteiger partial charge in [-0.1, -0.05) is 12.1 Å². The molecule has 1 heterocycles. The van der Waals surface area contributed by atoms with Gasteiger partial charge in [-0.25, -0.2) is 9.18 Å². The van der Waals surface area contributed by atoms with E-state index in [0.717, 1.165) is 6.07 Å². The van der Waals surface area contributed by atoms with E-state index >= 15 is 0 Å². The molecule has 1 aromatic carbocycles. The fraction of sp³-hybridized carbons (Fsp3) is 0.533. The number of β-amino-alcohol motifs (C(OH)–C–C–N with tert-alkyl or cyclic N) is 1. The summed E-state index contributed by atoms with van der Waals surface area (Å²) in [6.07, 6.45) is -1.04. The number of carbonyl (C=O) groups is 1. The van der Waals surface area contributed by atoms with Gasteiger partial charge in [0.25, 0.3) is 0 Å². The van der Waals surface area contributed by atoms with Crippen molar-refractivity contribution in [2.45, 2.75) is 44.9 Å². The molecule has 1 aromatic rings. The highest BCUT2D eigenvalue weighted by Gasteiger charge is 2.38. The van der Waals surface area contributed by atoms with Crippen LogP contribution < -0.4 is 5.46 Å². The first kappa shape index (κ1) is 17.7. The fourth-order valence-electron chi connectivity index (χ4n) is 2.61. The maximum Gasteiger partial charge on any atom is 0.491 e. The molecule has 0 saturated carbocycles. The molecule has 0 aromatic heterocycles. The molecule has 1 amide bonds. The Balaban J connectivity index is 2.26. The largest absolute Gasteiger partial charge is 0.491 e. The lowest BCUT2D eigenvalue weighted by Gasteiger charge is -2.28. The molecule has 0 radical (unpaired) electrons. The zero-order chi connectivity index (χ0) is 17.4. The van der Waals surface area contributed by atoms with Crippen molar-refractivity contribution in [1.29, 1.82) is 0 Å². The van der Waals surface area contributed by atoms with Crippen LogP contribution >= 0.6 is 0 Å². The number of rotatable bonds is 2. The maximum atomic E-state index is 13.9. The molecule has 1 fully saturated rings. The topological polar surface area (TPSA) is 90.2 Å². The Morgan fingerprint density at radius 3 is 2.57 bits per heavy atom. The average molecular weight is 325 g/mol. The Morgan fingerprint density at radius 1 is 1.39 bits per heavy atom. The molecular formula is C15H21BFNO5. The second-order valence-electron chi connectivity index (χ2n) is 6.69. The summed E-state index contributed by atoms with van der Waals surface area (Å²) < 4.78 is 19.2. The van der Waals surface area contributed by atoms with E-state index in [0.29, 0.717) is 5.56 Å². The number of hydrogen-bond acceptors (Lipinski definition) is 5. The van der Waals surface area contributed by atoms with Gasteiger partial charge in [-0.15, -0.1) is 0 Å². The third kappa shape index (κ3) is 4.22. The molecule has 0 unspecified atom stereocenters. The minimum Gasteiger partial charge on any atom is -0.444 e. The summed E-state index contributed by atoms with van der Waals surface area (Å²) in [4.78, 5) is 13.6. The predicted molar refractivity (Wildman–Crippen MR) is 82.5 cm³/mol. The molecule has 2 atom stereocenters. The average Bonchev–Trinajstić information content (AvgIpc) is 2.78. The number of benzene rings is 1. The van der Waals surface area contributed by atoms with Crippen LogP contribution in [-0.2, 0) is 4.74 Å². The quantitative estimate of drug-likeness (QED) is 0.691. The summed E-state index contributed by atoms with van der Waals surface area (Å²) in [5.41, 5.74) is -0.448. The monoisotopic (exact) mass is 325 g/mol. The molecule has 23 heavy (non-hydrogen) atoms. The van der Waals surface area contributed by atoms with Gasteiger partial charge in [0.15, 0.2) is 0 Å². The molecule has 1 saturated heterocycles. The molecule has 2 rings (SSSR count). The van der Waals surface area contributed by atoms with Crippen LogP contribution in [0.2, 0.25) is 0 Å². The van der Waals surface area contributed by atoms with E-state index < -0.39 is 36.8 Å². The summed E-state index contributed by atoms with van der Waals surface area (Å²) in [5, 5.41) is 28.0. The Labute approximate surface area is 134 Å². The van der Waals surface area contributed by atoms with Crippen LogP contribution in [0.1, 0.15) is 38.8 Å². The lowest BCUT2D eigenvalue weighted by Crippen LogP contribution is -2.37. The van der Waals surface area contributed by atoms with Crippen LogP contribution in [0, 0.1) is 5.82 Å². The Bertz CT molecular complexity index is 590. The molecular weight excluding hydrogens is 304 g/mol. The Morgan fingerprint density at radius 2 is 2.04 bits per heavy atom. The van der Waals surface area contributed by atoms with E-state index in [2.05, 4.69) is 0 Å². The van der Waals surface area contributed by atoms with Gasteiger partial charge in [-0.2, -0.15) is 0 Å². The van der Waals surface area contributed by atoms with Gasteiger partial charge in [0.05, 0.1) is 18.7 Å². The Kier molecular flexibility index (Phi) is 4.98. The van der Waals surface area contributed by atoms with E-state index in [4.69, 9.17) is 14.8 Å². The summed E-state index contributed by atoms with van der Waals surface area (Å²) >= 11 is 0. The number of amides is 1. The van der Waals surface area contributed by atoms with Crippen molar-refractivity contribution in [2.24, 2.45) is 0 Å². The number of halogens is 1. The summed E-state index contributed by atoms with van der Waals surface area (Å²) in [5.74, 6) is -0.775. The number of likely N-dealkylation sites (tertiary alicyclic amines) is 1. The van der Waals surface area contributed by atoms with E-state index in [1.165, 1.54) is 17.0 Å². The van der Waals surface area contributed by atoms with Crippen LogP contribution in [0.5, 0.6) is 0 Å². The number of carbonyl (C=O) groups excluding carboxylic acids is 1. The van der Waals surface area contributed by atoms with Crippen LogP contribution in [0.4, 0.5) is 9.18 Å². The fourth-order valence-corrected chi connectivity index (χ4v) is 2.61. The van der Waals surface area contributed by atoms with Gasteiger partial charge in [0.2, 0.25) is 0 Å². The lowest BCUT2D eigenvalue weighted by atomic mass is 9.79. The van der Waals surface area contributed by atoms with Crippen molar-refractivity contribution in [3.63, 3.8) is 0 Å². The molecule has 8 heteroatoms. The van der Waals surface area contributed by atoms with Gasteiger partial charge in [0, 0.05) is 5.46 Å². The minimum absolute atomic E-state index is 0.103. The molecule has 0 aliphatic carbocycles. The van der Waals surface area contributed by atoms with Crippen molar-refractivity contribution in [3.05, 3.63) is 29.6 Å². The maximum absolute atomic E-state index is 13.9. The van der Waals surface area contributed by atoms with Crippen LogP contribution in [0.3, 0.4) is 0 Å². The van der Waals surface area contributed by atoms with E-state index in [-0.39, 0.29) is 18.4 Å². The first-order chi connectivity index (χ1) is 10.6. The van der Waals surface area contributed by atoms with Gasteiger partial charge in [-0.3, -0.25) is 4.90 Å². The minimum atomic E-state index is -1.90. The molecule has 0 spiro atoms. The van der Waals surface area contributed by atoms with E-state index in [1.807, 2.05) is 0 Å². The number of nitrogens with zero attached hydrogens (tertiary/aromatic N) is 1. The number of ether oxygens (including phenoxy) is 1. The highest BCUT2D eigenvalue weighted by atomic mass is 19.1. The predicted octanol–water partition coefficient (Wildman–Crippen LogP) is 0.548. The first-order valence-electron chi connectivity index (χ1n) is 7.41. The highest BCUT2D eigenvalue weighted by Crippen LogP contribution is 2.33. The molecule has 3 N–H and O–H groups in total. The van der Waals surface area contributed by atoms with Gasteiger partial charge in [-0.05, 0) is 38.8 Å². The smallest absolute Gasteiger partial charge is 0.444 e. The highest BCUT2D eigenvalue weighted by molar-refractivity contribution is 6.58. The number of hydrogen-bond donors (Lipinski definition) is 3. The van der Waals surface area contributed by atoms with Gasteiger partial charge < -0.3 is 19.9 Å². The lowest BCUT2D eigenvalue weighted by molar-refractivity contribution is 0.0206. The second-order valence-corrected chi connectivity index (χ2v) is 6.69. The molecule has 126 valence electrons. The first-order valence-corrected chi connectivity index (χ1v) is 7.41. The van der Waals surface area contributed by atoms with Crippen molar-refractivity contribution in [1.82, 2.24) is 4.90 Å². The van der Waals surface area contributed by atoms with Gasteiger partial charge >= 0.3 is 13.2 Å². The van der Waals surface area contributed by atoms with Crippen molar-refractivity contribution >= 4 is 18.7 Å². The third-order valence-electron chi connectivity index (χ3n) is 3.59. The third-order valence-corrected chi connectivity index (χ3v) is 3.59. The Hall–Kier alpha value is -1.64. The normalized spacial score (nSPS) is 21.4. The number of aliphatic hydroxyl groups excluding tert-OH is 1. The molecule has 0 bridgehead atoms. The SMILES string of the molecule is CC(C)(C)OC(=O)N1C[C@@H](O)C[C@@H]1c1ccc(B(O)O)c(F)c1. The van der Waals surface area contributed by atoms with Crippen molar-refractivity contribution < 1.29 is 29.1 Å². The summed E-state index contributed by atoms with van der Waals surface area (Å²) in [6.45, 7) is 5.32. The van der Waals surface area contributed by atoms with Crippen LogP contribution in [0.25, 0.3) is 0 Å². The van der Waals surface area contributed by atoms with Crippen LogP contribution in [-0.4, -0.2) is 51.5 Å². The van der Waals surface area contributed by atoms with Gasteiger partial charge in [0.1, 0.15) is 11.4 Å². The van der Waals surface area contributed by atoms with E-state index in [9.17, 15) is 14.3 Å². The molecule has 1 aliphatic heterocycles. The molecule has 6 nitrogen and oxygen atoms in total. The van der Waals surface area contributed by atoms with Crippen molar-refractivity contribution in [2.75, 3.05) is 6.54 Å². The second kappa shape index (κ2) is 6.47. The zero-order valence-corrected chi connectivity index (χ0v) is 13.4. The number of aliphatic hydroxyl groups is 1. The zero-order valence-electron chi connectivity index (χ0n) is 13.4.